The van der Waals surface area contributed by atoms with Crippen molar-refractivity contribution >= 4 is 36.7 Å². The summed E-state index contributed by atoms with van der Waals surface area (Å²) in [5.74, 6) is -0.730. The van der Waals surface area contributed by atoms with Gasteiger partial charge in [-0.1, -0.05) is 24.3 Å². The molecule has 3 heterocycles. The van der Waals surface area contributed by atoms with E-state index in [1.807, 2.05) is 24.3 Å². The number of sulfonamides is 1. The molecule has 1 amide bonds. The summed E-state index contributed by atoms with van der Waals surface area (Å²) in [5.41, 5.74) is 5.60. The van der Waals surface area contributed by atoms with Crippen molar-refractivity contribution in [3.05, 3.63) is 60.8 Å². The Morgan fingerprint density at radius 2 is 1.86 bits per heavy atom. The van der Waals surface area contributed by atoms with Gasteiger partial charge in [0.05, 0.1) is 22.6 Å². The number of carbonyl (C=O) groups excluding carboxylic acids is 1. The van der Waals surface area contributed by atoms with Crippen molar-refractivity contribution in [2.24, 2.45) is 5.73 Å². The van der Waals surface area contributed by atoms with Gasteiger partial charge in [0.15, 0.2) is 9.84 Å². The molecule has 2 aromatic carbocycles. The molecule has 3 aromatic rings. The highest BCUT2D eigenvalue weighted by Crippen LogP contribution is 2.37. The number of hydrogen-bond donors (Lipinski definition) is 3. The molecule has 44 heavy (non-hydrogen) atoms. The van der Waals surface area contributed by atoms with Crippen molar-refractivity contribution in [2.75, 3.05) is 32.8 Å². The minimum atomic E-state index is -4.05. The average molecular weight is 647 g/mol. The number of hydrogen-bond acceptors (Lipinski definition) is 10. The van der Waals surface area contributed by atoms with Gasteiger partial charge >= 0.3 is 0 Å². The number of sulfone groups is 1. The number of fused-ring (bicyclic) bond motifs is 1. The second kappa shape index (κ2) is 12.3. The first-order chi connectivity index (χ1) is 20.7. The van der Waals surface area contributed by atoms with E-state index < -0.39 is 42.2 Å². The number of ether oxygens (including phenoxy) is 2. The SMILES string of the molecule is CC(C)(C(N)=O)S(=O)(=O)c1cccc(OC[C@@H](O)CN[C@H]2COC3(CCN(S(=O)(=O)c4cnc5ccccc5c4)CC3)C2)c1. The molecule has 1 aromatic heterocycles. The molecule has 12 nitrogen and oxygen atoms in total. The van der Waals surface area contributed by atoms with E-state index in [-0.39, 0.29) is 34.7 Å². The number of nitrogens with two attached hydrogens (primary N) is 1. The Morgan fingerprint density at radius 1 is 1.14 bits per heavy atom. The molecule has 5 rings (SSSR count). The summed E-state index contributed by atoms with van der Waals surface area (Å²) >= 11 is 0. The number of piperidine rings is 1. The highest BCUT2D eigenvalue weighted by molar-refractivity contribution is 7.93. The Hall–Kier alpha value is -3.14. The fourth-order valence-electron chi connectivity index (χ4n) is 5.51. The van der Waals surface area contributed by atoms with Gasteiger partial charge in [0.25, 0.3) is 0 Å². The Labute approximate surface area is 257 Å². The Balaban J connectivity index is 1.10. The van der Waals surface area contributed by atoms with Crippen LogP contribution in [-0.2, 0) is 29.4 Å². The average Bonchev–Trinajstić information content (AvgIpc) is 3.40. The number of aliphatic hydroxyl groups is 1. The quantitative estimate of drug-likeness (QED) is 0.277. The molecular formula is C30H38N4O8S2. The molecule has 0 aliphatic carbocycles. The number of nitrogens with zero attached hydrogens (tertiary/aromatic N) is 2. The van der Waals surface area contributed by atoms with E-state index >= 15 is 0 Å². The molecule has 14 heteroatoms. The maximum atomic E-state index is 13.3. The van der Waals surface area contributed by atoms with Crippen LogP contribution in [0, 0.1) is 0 Å². The van der Waals surface area contributed by atoms with Crippen molar-refractivity contribution in [3.63, 3.8) is 0 Å². The Bertz CT molecular complexity index is 1740. The lowest BCUT2D eigenvalue weighted by Gasteiger charge is -2.38. The van der Waals surface area contributed by atoms with E-state index in [2.05, 4.69) is 10.3 Å². The third-order valence-electron chi connectivity index (χ3n) is 8.51. The predicted octanol–water partition coefficient (Wildman–Crippen LogP) is 1.61. The van der Waals surface area contributed by atoms with Crippen LogP contribution in [-0.4, -0.2) is 92.5 Å². The summed E-state index contributed by atoms with van der Waals surface area (Å²) in [5, 5.41) is 14.6. The summed E-state index contributed by atoms with van der Waals surface area (Å²) in [6.07, 6.45) is 2.32. The highest BCUT2D eigenvalue weighted by atomic mass is 32.2. The zero-order valence-electron chi connectivity index (χ0n) is 24.7. The standard InChI is InChI=1S/C30H38N4O8S2/c1-29(2,28(31)36)43(37,38)25-8-5-7-24(15-25)41-20-23(35)17-32-22-16-30(42-19-22)10-12-34(13-11-30)44(39,40)26-14-21-6-3-4-9-27(21)33-18-26/h3-9,14-15,18,22-23,32,35H,10-13,16-17,19-20H2,1-2H3,(H2,31,36)/t22-,23+/m1/s1. The molecule has 0 saturated carbocycles. The van der Waals surface area contributed by atoms with Crippen molar-refractivity contribution in [3.8, 4) is 5.75 Å². The summed E-state index contributed by atoms with van der Waals surface area (Å²) in [4.78, 5) is 16.1. The first-order valence-electron chi connectivity index (χ1n) is 14.4. The van der Waals surface area contributed by atoms with Crippen LogP contribution in [0.2, 0.25) is 0 Å². The zero-order valence-corrected chi connectivity index (χ0v) is 26.3. The molecule has 2 atom stereocenters. The van der Waals surface area contributed by atoms with E-state index in [0.29, 0.717) is 39.0 Å². The van der Waals surface area contributed by atoms with Gasteiger partial charge in [-0.05, 0) is 63.4 Å². The van der Waals surface area contributed by atoms with Gasteiger partial charge in [-0.2, -0.15) is 4.31 Å². The Morgan fingerprint density at radius 3 is 2.59 bits per heavy atom. The van der Waals surface area contributed by atoms with Gasteiger partial charge in [0.1, 0.15) is 28.1 Å². The van der Waals surface area contributed by atoms with E-state index in [0.717, 1.165) is 10.9 Å². The van der Waals surface area contributed by atoms with E-state index in [4.69, 9.17) is 15.2 Å². The summed E-state index contributed by atoms with van der Waals surface area (Å²) < 4.78 is 63.9. The van der Waals surface area contributed by atoms with E-state index in [9.17, 15) is 26.7 Å². The van der Waals surface area contributed by atoms with Crippen molar-refractivity contribution in [1.29, 1.82) is 0 Å². The minimum Gasteiger partial charge on any atom is -0.491 e. The number of aliphatic hydroxyl groups excluding tert-OH is 1. The first-order valence-corrected chi connectivity index (χ1v) is 17.3. The number of aromatic nitrogens is 1. The third kappa shape index (κ3) is 6.46. The molecule has 2 aliphatic heterocycles. The minimum absolute atomic E-state index is 0.0259. The molecule has 0 radical (unpaired) electrons. The normalized spacial score (nSPS) is 20.1. The van der Waals surface area contributed by atoms with Gasteiger partial charge in [0, 0.05) is 37.3 Å². The van der Waals surface area contributed by atoms with Gasteiger partial charge < -0.3 is 25.6 Å². The second-order valence-corrected chi connectivity index (χ2v) is 16.3. The highest BCUT2D eigenvalue weighted by Gasteiger charge is 2.45. The molecule has 4 N–H and O–H groups in total. The summed E-state index contributed by atoms with van der Waals surface area (Å²) in [7, 11) is -7.74. The first kappa shape index (κ1) is 32.3. The number of primary amides is 1. The lowest BCUT2D eigenvalue weighted by atomic mass is 9.88. The maximum Gasteiger partial charge on any atom is 0.244 e. The molecule has 2 saturated heterocycles. The van der Waals surface area contributed by atoms with E-state index in [1.54, 1.807) is 12.1 Å². The van der Waals surface area contributed by atoms with Crippen LogP contribution in [0.3, 0.4) is 0 Å². The second-order valence-electron chi connectivity index (χ2n) is 11.9. The number of benzene rings is 2. The number of pyridine rings is 1. The topological polar surface area (TPSA) is 178 Å². The van der Waals surface area contributed by atoms with Crippen LogP contribution < -0.4 is 15.8 Å². The summed E-state index contributed by atoms with van der Waals surface area (Å²) in [6.45, 7) is 3.73. The molecule has 2 fully saturated rings. The number of para-hydroxylation sites is 1. The number of carbonyl (C=O) groups is 1. The van der Waals surface area contributed by atoms with Crippen LogP contribution in [0.25, 0.3) is 10.9 Å². The van der Waals surface area contributed by atoms with Gasteiger partial charge in [-0.25, -0.2) is 16.8 Å². The molecule has 0 bridgehead atoms. The van der Waals surface area contributed by atoms with Crippen LogP contribution in [0.4, 0.5) is 0 Å². The molecule has 238 valence electrons. The van der Waals surface area contributed by atoms with Crippen LogP contribution in [0.5, 0.6) is 5.75 Å². The molecule has 2 aliphatic rings. The lowest BCUT2D eigenvalue weighted by Crippen LogP contribution is -2.47. The third-order valence-corrected chi connectivity index (χ3v) is 12.8. The largest absolute Gasteiger partial charge is 0.491 e. The molecule has 0 unspecified atom stereocenters. The van der Waals surface area contributed by atoms with Gasteiger partial charge in [-0.3, -0.25) is 9.78 Å². The van der Waals surface area contributed by atoms with Crippen LogP contribution in [0.15, 0.2) is 70.6 Å². The molecule has 1 spiro atoms. The van der Waals surface area contributed by atoms with E-state index in [1.165, 1.54) is 42.5 Å². The Kier molecular flexibility index (Phi) is 9.04. The smallest absolute Gasteiger partial charge is 0.244 e. The van der Waals surface area contributed by atoms with Crippen molar-refractivity contribution in [2.45, 2.75) is 65.4 Å². The van der Waals surface area contributed by atoms with Gasteiger partial charge in [-0.15, -0.1) is 0 Å². The lowest BCUT2D eigenvalue weighted by molar-refractivity contribution is -0.119. The number of nitrogens with one attached hydrogen (secondary N) is 1. The fourth-order valence-corrected chi connectivity index (χ4v) is 8.32. The summed E-state index contributed by atoms with van der Waals surface area (Å²) in [6, 6.07) is 14.8. The fraction of sp³-hybridized carbons (Fsp3) is 0.467. The zero-order chi connectivity index (χ0) is 31.8. The van der Waals surface area contributed by atoms with Crippen molar-refractivity contribution < 1.29 is 36.2 Å². The maximum absolute atomic E-state index is 13.3. The number of rotatable bonds is 11. The van der Waals surface area contributed by atoms with Gasteiger partial charge in [0.2, 0.25) is 15.9 Å². The van der Waals surface area contributed by atoms with Crippen molar-refractivity contribution in [1.82, 2.24) is 14.6 Å². The number of amides is 1. The monoisotopic (exact) mass is 646 g/mol. The van der Waals surface area contributed by atoms with Crippen LogP contribution >= 0.6 is 0 Å². The van der Waals surface area contributed by atoms with Crippen LogP contribution in [0.1, 0.15) is 33.1 Å². The predicted molar refractivity (Wildman–Crippen MR) is 163 cm³/mol. The molecular weight excluding hydrogens is 608 g/mol.